The minimum atomic E-state index is -0.0330. The monoisotopic (exact) mass is 215 g/mol. The van der Waals surface area contributed by atoms with Crippen molar-refractivity contribution in [3.63, 3.8) is 0 Å². The molecule has 0 heterocycles. The van der Waals surface area contributed by atoms with Crippen LogP contribution in [0.15, 0.2) is 0 Å². The molecule has 0 amide bonds. The molecule has 1 fully saturated rings. The molecule has 0 aromatic heterocycles. The Balaban J connectivity index is 2.31. The highest BCUT2D eigenvalue weighted by Crippen LogP contribution is 2.31. The van der Waals surface area contributed by atoms with Gasteiger partial charge >= 0.3 is 0 Å². The summed E-state index contributed by atoms with van der Waals surface area (Å²) in [4.78, 5) is 0. The van der Waals surface area contributed by atoms with Crippen LogP contribution in [0.5, 0.6) is 0 Å². The van der Waals surface area contributed by atoms with Gasteiger partial charge in [-0.1, -0.05) is 19.8 Å². The van der Waals surface area contributed by atoms with Crippen LogP contribution < -0.4 is 5.32 Å². The Morgan fingerprint density at radius 1 is 1.53 bits per heavy atom. The summed E-state index contributed by atoms with van der Waals surface area (Å²) in [6.07, 6.45) is 4.72. The van der Waals surface area contributed by atoms with E-state index in [2.05, 4.69) is 12.2 Å². The van der Waals surface area contributed by atoms with Gasteiger partial charge in [0.05, 0.1) is 13.2 Å². The van der Waals surface area contributed by atoms with Crippen molar-refractivity contribution < 1.29 is 9.84 Å². The average Bonchev–Trinajstić information content (AvgIpc) is 2.25. The number of aliphatic hydroxyl groups excluding tert-OH is 1. The maximum absolute atomic E-state index is 9.51. The number of hydrogen-bond donors (Lipinski definition) is 2. The second-order valence-corrected chi connectivity index (χ2v) is 4.76. The second kappa shape index (κ2) is 6.46. The van der Waals surface area contributed by atoms with Gasteiger partial charge in [0.2, 0.25) is 0 Å². The molecule has 90 valence electrons. The smallest absolute Gasteiger partial charge is 0.0613 e. The first kappa shape index (κ1) is 12.9. The Kier molecular flexibility index (Phi) is 5.58. The van der Waals surface area contributed by atoms with Gasteiger partial charge in [0.15, 0.2) is 0 Å². The van der Waals surface area contributed by atoms with Gasteiger partial charge in [-0.3, -0.25) is 0 Å². The minimum absolute atomic E-state index is 0.0330. The lowest BCUT2D eigenvalue weighted by atomic mass is 9.77. The quantitative estimate of drug-likeness (QED) is 0.661. The molecule has 1 rings (SSSR count). The summed E-state index contributed by atoms with van der Waals surface area (Å²) in [5, 5.41) is 13.0. The number of rotatable bonds is 6. The topological polar surface area (TPSA) is 41.5 Å². The van der Waals surface area contributed by atoms with Crippen LogP contribution in [0.4, 0.5) is 0 Å². The molecule has 1 aliphatic carbocycles. The molecule has 3 nitrogen and oxygen atoms in total. The fraction of sp³-hybridized carbons (Fsp3) is 1.00. The zero-order valence-electron chi connectivity index (χ0n) is 10.1. The maximum Gasteiger partial charge on any atom is 0.0613 e. The largest absolute Gasteiger partial charge is 0.394 e. The fourth-order valence-electron chi connectivity index (χ4n) is 2.55. The number of aliphatic hydroxyl groups is 1. The van der Waals surface area contributed by atoms with E-state index in [0.29, 0.717) is 0 Å². The van der Waals surface area contributed by atoms with E-state index in [4.69, 9.17) is 4.74 Å². The van der Waals surface area contributed by atoms with Gasteiger partial charge in [0.25, 0.3) is 0 Å². The Hall–Kier alpha value is -0.120. The molecule has 0 aliphatic heterocycles. The van der Waals surface area contributed by atoms with Gasteiger partial charge in [-0.2, -0.15) is 0 Å². The Labute approximate surface area is 93.2 Å². The lowest BCUT2D eigenvalue weighted by Gasteiger charge is -2.39. The molecule has 0 aromatic rings. The molecular formula is C12H25NO2. The van der Waals surface area contributed by atoms with E-state index in [9.17, 15) is 5.11 Å². The molecular weight excluding hydrogens is 190 g/mol. The number of hydrogen-bond acceptors (Lipinski definition) is 3. The van der Waals surface area contributed by atoms with Gasteiger partial charge in [0.1, 0.15) is 0 Å². The van der Waals surface area contributed by atoms with E-state index in [1.165, 1.54) is 12.8 Å². The van der Waals surface area contributed by atoms with Gasteiger partial charge in [0, 0.05) is 18.7 Å². The zero-order valence-corrected chi connectivity index (χ0v) is 10.1. The van der Waals surface area contributed by atoms with Crippen molar-refractivity contribution in [2.24, 2.45) is 5.92 Å². The third-order valence-electron chi connectivity index (χ3n) is 3.34. The Morgan fingerprint density at radius 2 is 2.33 bits per heavy atom. The molecule has 1 aliphatic rings. The van der Waals surface area contributed by atoms with Crippen molar-refractivity contribution in [1.82, 2.24) is 5.32 Å². The maximum atomic E-state index is 9.51. The molecule has 2 N–H and O–H groups in total. The molecule has 15 heavy (non-hydrogen) atoms. The van der Waals surface area contributed by atoms with Crippen LogP contribution in [0.1, 0.15) is 39.5 Å². The molecule has 0 saturated heterocycles. The normalized spacial score (nSPS) is 31.8. The summed E-state index contributed by atoms with van der Waals surface area (Å²) >= 11 is 0. The third-order valence-corrected chi connectivity index (χ3v) is 3.34. The second-order valence-electron chi connectivity index (χ2n) is 4.76. The van der Waals surface area contributed by atoms with Crippen LogP contribution >= 0.6 is 0 Å². The fourth-order valence-corrected chi connectivity index (χ4v) is 2.55. The van der Waals surface area contributed by atoms with Gasteiger partial charge < -0.3 is 15.2 Å². The number of nitrogens with one attached hydrogen (secondary N) is 1. The van der Waals surface area contributed by atoms with Crippen LogP contribution in [-0.4, -0.2) is 37.0 Å². The highest BCUT2D eigenvalue weighted by Gasteiger charge is 2.33. The van der Waals surface area contributed by atoms with Crippen molar-refractivity contribution >= 4 is 0 Å². The first-order valence-corrected chi connectivity index (χ1v) is 6.16. The summed E-state index contributed by atoms with van der Waals surface area (Å²) in [6.45, 7) is 6.89. The summed E-state index contributed by atoms with van der Waals surface area (Å²) in [5.41, 5.74) is -0.0330. The molecule has 3 heteroatoms. The standard InChI is InChI=1S/C12H25NO2/c1-3-15-8-7-13-12(10-14)6-4-5-11(2)9-12/h11,13-14H,3-10H2,1-2H3. The minimum Gasteiger partial charge on any atom is -0.394 e. The summed E-state index contributed by atoms with van der Waals surface area (Å²) in [6, 6.07) is 0. The summed E-state index contributed by atoms with van der Waals surface area (Å²) < 4.78 is 5.30. The lowest BCUT2D eigenvalue weighted by molar-refractivity contribution is 0.0826. The van der Waals surface area contributed by atoms with Gasteiger partial charge in [-0.15, -0.1) is 0 Å². The lowest BCUT2D eigenvalue weighted by Crippen LogP contribution is -2.52. The summed E-state index contributed by atoms with van der Waals surface area (Å²) in [5.74, 6) is 0.727. The first-order valence-electron chi connectivity index (χ1n) is 6.16. The predicted molar refractivity (Wildman–Crippen MR) is 61.9 cm³/mol. The molecule has 2 atom stereocenters. The van der Waals surface area contributed by atoms with E-state index in [-0.39, 0.29) is 12.1 Å². The van der Waals surface area contributed by atoms with E-state index < -0.39 is 0 Å². The van der Waals surface area contributed by atoms with Crippen LogP contribution in [0.2, 0.25) is 0 Å². The average molecular weight is 215 g/mol. The SMILES string of the molecule is CCOCCNC1(CO)CCCC(C)C1. The molecule has 0 radical (unpaired) electrons. The van der Waals surface area contributed by atoms with Gasteiger partial charge in [-0.05, 0) is 25.7 Å². The van der Waals surface area contributed by atoms with Crippen LogP contribution in [0, 0.1) is 5.92 Å². The van der Waals surface area contributed by atoms with E-state index in [0.717, 1.165) is 38.5 Å². The van der Waals surface area contributed by atoms with Crippen molar-refractivity contribution in [1.29, 1.82) is 0 Å². The molecule has 2 unspecified atom stereocenters. The summed E-state index contributed by atoms with van der Waals surface area (Å²) in [7, 11) is 0. The van der Waals surface area contributed by atoms with Crippen molar-refractivity contribution in [2.45, 2.75) is 45.1 Å². The van der Waals surface area contributed by atoms with Crippen molar-refractivity contribution in [3.8, 4) is 0 Å². The Bertz CT molecular complexity index is 175. The van der Waals surface area contributed by atoms with Crippen LogP contribution in [0.25, 0.3) is 0 Å². The molecule has 0 aromatic carbocycles. The highest BCUT2D eigenvalue weighted by molar-refractivity contribution is 4.92. The molecule has 0 spiro atoms. The van der Waals surface area contributed by atoms with E-state index in [1.807, 2.05) is 6.92 Å². The highest BCUT2D eigenvalue weighted by atomic mass is 16.5. The first-order chi connectivity index (χ1) is 7.22. The van der Waals surface area contributed by atoms with Crippen molar-refractivity contribution in [3.05, 3.63) is 0 Å². The van der Waals surface area contributed by atoms with E-state index >= 15 is 0 Å². The number of ether oxygens (including phenoxy) is 1. The van der Waals surface area contributed by atoms with E-state index in [1.54, 1.807) is 0 Å². The zero-order chi connectivity index (χ0) is 11.1. The van der Waals surface area contributed by atoms with Gasteiger partial charge in [-0.25, -0.2) is 0 Å². The third kappa shape index (κ3) is 4.09. The van der Waals surface area contributed by atoms with Crippen LogP contribution in [0.3, 0.4) is 0 Å². The molecule has 0 bridgehead atoms. The molecule has 1 saturated carbocycles. The van der Waals surface area contributed by atoms with Crippen LogP contribution in [-0.2, 0) is 4.74 Å². The Morgan fingerprint density at radius 3 is 2.93 bits per heavy atom. The predicted octanol–water partition coefficient (Wildman–Crippen LogP) is 1.55. The van der Waals surface area contributed by atoms with Crippen molar-refractivity contribution in [2.75, 3.05) is 26.4 Å².